The Morgan fingerprint density at radius 3 is 2.21 bits per heavy atom. The van der Waals surface area contributed by atoms with Gasteiger partial charge in [-0.05, 0) is 54.7 Å². The van der Waals surface area contributed by atoms with Gasteiger partial charge in [-0.3, -0.25) is 0 Å². The summed E-state index contributed by atoms with van der Waals surface area (Å²) in [7, 11) is -4.15. The van der Waals surface area contributed by atoms with E-state index in [1.165, 1.54) is 12.3 Å². The van der Waals surface area contributed by atoms with Crippen LogP contribution in [0.15, 0.2) is 18.3 Å². The molecule has 1 heterocycles. The van der Waals surface area contributed by atoms with Gasteiger partial charge in [0, 0.05) is 29.2 Å². The summed E-state index contributed by atoms with van der Waals surface area (Å²) in [6, 6.07) is 0.431. The highest BCUT2D eigenvalue weighted by Gasteiger charge is 2.47. The SMILES string of the molecule is CC(C)(C)Cn1cc([C@H](NS(=O)(=O)C2CCC2)C(F)(F)F)c2cc(F)c(C3CCCC3)cc21. The molecular formula is C24H32F4N2O2S. The molecule has 0 spiro atoms. The van der Waals surface area contributed by atoms with E-state index in [-0.39, 0.29) is 22.3 Å². The van der Waals surface area contributed by atoms with E-state index >= 15 is 4.39 Å². The van der Waals surface area contributed by atoms with Crippen molar-refractivity contribution >= 4 is 20.9 Å². The third-order valence-electron chi connectivity index (χ3n) is 6.88. The molecule has 0 saturated heterocycles. The maximum absolute atomic E-state index is 15.2. The lowest BCUT2D eigenvalue weighted by Gasteiger charge is -2.29. The van der Waals surface area contributed by atoms with Crippen LogP contribution in [0.3, 0.4) is 0 Å². The molecule has 0 unspecified atom stereocenters. The molecule has 1 atom stereocenters. The summed E-state index contributed by atoms with van der Waals surface area (Å²) in [6.07, 6.45) is 1.63. The van der Waals surface area contributed by atoms with Gasteiger partial charge in [0.15, 0.2) is 0 Å². The molecule has 1 N–H and O–H groups in total. The van der Waals surface area contributed by atoms with Crippen molar-refractivity contribution in [2.75, 3.05) is 0 Å². The van der Waals surface area contributed by atoms with Crippen LogP contribution in [0.1, 0.15) is 88.8 Å². The zero-order valence-corrected chi connectivity index (χ0v) is 20.1. The molecule has 2 saturated carbocycles. The zero-order valence-electron chi connectivity index (χ0n) is 19.3. The van der Waals surface area contributed by atoms with E-state index < -0.39 is 33.3 Å². The molecule has 9 heteroatoms. The average molecular weight is 489 g/mol. The Balaban J connectivity index is 1.86. The lowest BCUT2D eigenvalue weighted by Crippen LogP contribution is -2.44. The summed E-state index contributed by atoms with van der Waals surface area (Å²) < 4.78 is 86.6. The molecular weight excluding hydrogens is 456 g/mol. The molecule has 33 heavy (non-hydrogen) atoms. The predicted molar refractivity (Wildman–Crippen MR) is 121 cm³/mol. The van der Waals surface area contributed by atoms with Crippen molar-refractivity contribution in [1.29, 1.82) is 0 Å². The van der Waals surface area contributed by atoms with Crippen molar-refractivity contribution in [2.45, 2.75) is 95.6 Å². The van der Waals surface area contributed by atoms with E-state index in [4.69, 9.17) is 0 Å². The lowest BCUT2D eigenvalue weighted by atomic mass is 9.94. The Morgan fingerprint density at radius 1 is 1.06 bits per heavy atom. The molecule has 1 aromatic carbocycles. The van der Waals surface area contributed by atoms with Gasteiger partial charge < -0.3 is 4.57 Å². The fourth-order valence-electron chi connectivity index (χ4n) is 5.02. The highest BCUT2D eigenvalue weighted by Crippen LogP contribution is 2.42. The van der Waals surface area contributed by atoms with Crippen LogP contribution in [0.25, 0.3) is 10.9 Å². The Hall–Kier alpha value is -1.61. The first-order valence-electron chi connectivity index (χ1n) is 11.7. The van der Waals surface area contributed by atoms with Crippen LogP contribution in [-0.2, 0) is 16.6 Å². The van der Waals surface area contributed by atoms with Crippen LogP contribution < -0.4 is 4.72 Å². The molecule has 0 radical (unpaired) electrons. The Kier molecular flexibility index (Phi) is 6.36. The second-order valence-electron chi connectivity index (χ2n) is 10.8. The molecule has 0 amide bonds. The number of hydrogen-bond acceptors (Lipinski definition) is 2. The van der Waals surface area contributed by atoms with E-state index in [0.29, 0.717) is 36.9 Å². The lowest BCUT2D eigenvalue weighted by molar-refractivity contribution is -0.152. The quantitative estimate of drug-likeness (QED) is 0.468. The van der Waals surface area contributed by atoms with Crippen molar-refractivity contribution < 1.29 is 26.0 Å². The van der Waals surface area contributed by atoms with Crippen LogP contribution in [0.2, 0.25) is 0 Å². The second-order valence-corrected chi connectivity index (χ2v) is 12.8. The number of aromatic nitrogens is 1. The van der Waals surface area contributed by atoms with Crippen molar-refractivity contribution in [3.05, 3.63) is 35.3 Å². The monoisotopic (exact) mass is 488 g/mol. The van der Waals surface area contributed by atoms with Gasteiger partial charge in [-0.25, -0.2) is 12.8 Å². The zero-order chi connectivity index (χ0) is 24.2. The Morgan fingerprint density at radius 2 is 1.70 bits per heavy atom. The molecule has 2 fully saturated rings. The van der Waals surface area contributed by atoms with Gasteiger partial charge in [0.1, 0.15) is 11.9 Å². The Bertz CT molecular complexity index is 1120. The van der Waals surface area contributed by atoms with Crippen molar-refractivity contribution in [3.63, 3.8) is 0 Å². The first kappa shape index (κ1) is 24.5. The number of benzene rings is 1. The average Bonchev–Trinajstić information content (AvgIpc) is 3.23. The van der Waals surface area contributed by atoms with E-state index in [1.807, 2.05) is 25.5 Å². The fourth-order valence-corrected chi connectivity index (χ4v) is 6.76. The van der Waals surface area contributed by atoms with Gasteiger partial charge in [-0.2, -0.15) is 17.9 Å². The summed E-state index contributed by atoms with van der Waals surface area (Å²) in [5, 5.41) is -0.701. The molecule has 2 aromatic rings. The molecule has 2 aliphatic rings. The van der Waals surface area contributed by atoms with E-state index in [1.54, 1.807) is 10.6 Å². The van der Waals surface area contributed by atoms with Crippen LogP contribution in [0.4, 0.5) is 17.6 Å². The highest BCUT2D eigenvalue weighted by molar-refractivity contribution is 7.90. The number of rotatable bonds is 6. The number of nitrogens with one attached hydrogen (secondary N) is 1. The van der Waals surface area contributed by atoms with Crippen LogP contribution in [0, 0.1) is 11.2 Å². The second kappa shape index (κ2) is 8.56. The third kappa shape index (κ3) is 5.09. The molecule has 1 aromatic heterocycles. The van der Waals surface area contributed by atoms with Crippen LogP contribution >= 0.6 is 0 Å². The smallest absolute Gasteiger partial charge is 0.347 e. The fraction of sp³-hybridized carbons (Fsp3) is 0.667. The number of fused-ring (bicyclic) bond motifs is 1. The Labute approximate surface area is 192 Å². The number of alkyl halides is 3. The van der Waals surface area contributed by atoms with Gasteiger partial charge in [0.25, 0.3) is 0 Å². The van der Waals surface area contributed by atoms with Gasteiger partial charge in [-0.15, -0.1) is 0 Å². The number of nitrogens with zero attached hydrogens (tertiary/aromatic N) is 1. The topological polar surface area (TPSA) is 51.1 Å². The minimum Gasteiger partial charge on any atom is -0.347 e. The number of hydrogen-bond donors (Lipinski definition) is 1. The minimum atomic E-state index is -4.86. The summed E-state index contributed by atoms with van der Waals surface area (Å²) in [5.41, 5.74) is 0.560. The molecule has 0 bridgehead atoms. The summed E-state index contributed by atoms with van der Waals surface area (Å²) in [6.45, 7) is 6.33. The van der Waals surface area contributed by atoms with E-state index in [2.05, 4.69) is 0 Å². The molecule has 2 aliphatic carbocycles. The predicted octanol–water partition coefficient (Wildman–Crippen LogP) is 6.56. The summed E-state index contributed by atoms with van der Waals surface area (Å²) >= 11 is 0. The first-order chi connectivity index (χ1) is 15.3. The van der Waals surface area contributed by atoms with E-state index in [0.717, 1.165) is 25.7 Å². The normalized spacial score (nSPS) is 19.8. The van der Waals surface area contributed by atoms with Crippen molar-refractivity contribution in [1.82, 2.24) is 9.29 Å². The third-order valence-corrected chi connectivity index (χ3v) is 8.79. The number of halogens is 4. The van der Waals surface area contributed by atoms with Crippen molar-refractivity contribution in [3.8, 4) is 0 Å². The first-order valence-corrected chi connectivity index (χ1v) is 13.2. The number of sulfonamides is 1. The molecule has 4 rings (SSSR count). The highest BCUT2D eigenvalue weighted by atomic mass is 32.2. The summed E-state index contributed by atoms with van der Waals surface area (Å²) in [5.74, 6) is -0.460. The maximum atomic E-state index is 15.2. The van der Waals surface area contributed by atoms with Gasteiger partial charge >= 0.3 is 6.18 Å². The maximum Gasteiger partial charge on any atom is 0.408 e. The van der Waals surface area contributed by atoms with Crippen LogP contribution in [-0.4, -0.2) is 24.4 Å². The largest absolute Gasteiger partial charge is 0.408 e. The summed E-state index contributed by atoms with van der Waals surface area (Å²) in [4.78, 5) is 0. The van der Waals surface area contributed by atoms with Gasteiger partial charge in [-0.1, -0.05) is 40.0 Å². The standard InChI is InChI=1S/C24H32F4N2O2S/c1-23(2,3)14-30-13-19(22(24(26,27)28)29-33(31,32)16-9-6-10-16)18-11-20(25)17(12-21(18)30)15-7-4-5-8-15/h11-13,15-16,22,29H,4-10,14H2,1-3H3/t22-/m0/s1. The van der Waals surface area contributed by atoms with Crippen molar-refractivity contribution in [2.24, 2.45) is 5.41 Å². The van der Waals surface area contributed by atoms with Gasteiger partial charge in [0.2, 0.25) is 10.0 Å². The molecule has 0 aliphatic heterocycles. The molecule has 4 nitrogen and oxygen atoms in total. The molecule has 184 valence electrons. The minimum absolute atomic E-state index is 0.0615. The van der Waals surface area contributed by atoms with E-state index in [9.17, 15) is 21.6 Å². The van der Waals surface area contributed by atoms with Crippen LogP contribution in [0.5, 0.6) is 0 Å². The van der Waals surface area contributed by atoms with Gasteiger partial charge in [0.05, 0.1) is 5.25 Å².